The molecule has 86 valence electrons. The molecule has 4 nitrogen and oxygen atoms in total. The van der Waals surface area contributed by atoms with Crippen molar-refractivity contribution >= 4 is 54.6 Å². The van der Waals surface area contributed by atoms with Crippen LogP contribution in [-0.4, -0.2) is 9.97 Å². The average Bonchev–Trinajstić information content (AvgIpc) is 2.95. The van der Waals surface area contributed by atoms with E-state index in [1.54, 1.807) is 22.7 Å². The number of nitrogens with zero attached hydrogens (tertiary/aromatic N) is 2. The van der Waals surface area contributed by atoms with Gasteiger partial charge in [0.05, 0.1) is 14.0 Å². The lowest BCUT2D eigenvalue weighted by Gasteiger charge is -2.03. The van der Waals surface area contributed by atoms with Crippen molar-refractivity contribution in [2.75, 3.05) is 5.43 Å². The second-order valence-corrected chi connectivity index (χ2v) is 6.64. The van der Waals surface area contributed by atoms with E-state index < -0.39 is 0 Å². The summed E-state index contributed by atoms with van der Waals surface area (Å²) in [6.07, 6.45) is 0. The predicted molar refractivity (Wildman–Crippen MR) is 76.2 cm³/mol. The Morgan fingerprint density at radius 2 is 2.12 bits per heavy atom. The first-order valence-corrected chi connectivity index (χ1v) is 7.24. The average molecular weight is 327 g/mol. The van der Waals surface area contributed by atoms with E-state index in [1.165, 1.54) is 0 Å². The first-order valence-electron chi connectivity index (χ1n) is 4.75. The molecule has 0 saturated heterocycles. The van der Waals surface area contributed by atoms with E-state index in [0.29, 0.717) is 11.6 Å². The minimum absolute atomic E-state index is 0.663. The molecule has 3 heterocycles. The monoisotopic (exact) mass is 326 g/mol. The van der Waals surface area contributed by atoms with Crippen LogP contribution < -0.4 is 11.3 Å². The van der Waals surface area contributed by atoms with Crippen molar-refractivity contribution in [2.45, 2.75) is 0 Å². The van der Waals surface area contributed by atoms with E-state index in [0.717, 1.165) is 18.9 Å². The summed E-state index contributed by atoms with van der Waals surface area (Å²) in [6, 6.07) is 5.94. The molecule has 17 heavy (non-hydrogen) atoms. The van der Waals surface area contributed by atoms with Crippen LogP contribution in [0.5, 0.6) is 0 Å². The van der Waals surface area contributed by atoms with E-state index in [1.807, 2.05) is 23.6 Å². The standard InChI is InChI=1S/C10H7BrN4S2/c11-7-2-1-6(17-7)9-13-8(15-12)5-3-4-16-10(5)14-9/h1-4H,12H2,(H,13,14,15). The van der Waals surface area contributed by atoms with Crippen LogP contribution in [0.4, 0.5) is 5.82 Å². The number of thiophene rings is 2. The van der Waals surface area contributed by atoms with Gasteiger partial charge in [0.25, 0.3) is 0 Å². The highest BCUT2D eigenvalue weighted by molar-refractivity contribution is 9.11. The first kappa shape index (κ1) is 11.1. The Kier molecular flexibility index (Phi) is 2.83. The molecule has 3 aromatic rings. The van der Waals surface area contributed by atoms with Gasteiger partial charge in [-0.2, -0.15) is 0 Å². The van der Waals surface area contributed by atoms with Crippen molar-refractivity contribution in [3.8, 4) is 10.7 Å². The smallest absolute Gasteiger partial charge is 0.173 e. The van der Waals surface area contributed by atoms with Crippen LogP contribution in [0.1, 0.15) is 0 Å². The van der Waals surface area contributed by atoms with E-state index in [-0.39, 0.29) is 0 Å². The number of nitrogens with one attached hydrogen (secondary N) is 1. The number of nitrogens with two attached hydrogens (primary N) is 1. The number of halogens is 1. The van der Waals surface area contributed by atoms with E-state index in [4.69, 9.17) is 5.84 Å². The number of hydrogen-bond acceptors (Lipinski definition) is 6. The van der Waals surface area contributed by atoms with Gasteiger partial charge >= 0.3 is 0 Å². The number of fused-ring (bicyclic) bond motifs is 1. The predicted octanol–water partition coefficient (Wildman–Crippen LogP) is 3.47. The third-order valence-corrected chi connectivity index (χ3v) is 4.68. The molecule has 0 saturated carbocycles. The van der Waals surface area contributed by atoms with Gasteiger partial charge in [-0.3, -0.25) is 0 Å². The molecule has 0 aliphatic rings. The van der Waals surface area contributed by atoms with Crippen molar-refractivity contribution in [1.29, 1.82) is 0 Å². The number of hydrogen-bond donors (Lipinski definition) is 2. The van der Waals surface area contributed by atoms with Gasteiger partial charge in [0.1, 0.15) is 4.83 Å². The van der Waals surface area contributed by atoms with Crippen LogP contribution in [0.15, 0.2) is 27.4 Å². The van der Waals surface area contributed by atoms with E-state index in [2.05, 4.69) is 31.3 Å². The Morgan fingerprint density at radius 1 is 1.24 bits per heavy atom. The van der Waals surface area contributed by atoms with Gasteiger partial charge in [0, 0.05) is 0 Å². The van der Waals surface area contributed by atoms with Gasteiger partial charge in [-0.1, -0.05) is 0 Å². The van der Waals surface area contributed by atoms with Crippen LogP contribution in [0.25, 0.3) is 20.9 Å². The molecule has 0 atom stereocenters. The summed E-state index contributed by atoms with van der Waals surface area (Å²) in [7, 11) is 0. The summed E-state index contributed by atoms with van der Waals surface area (Å²) in [5.74, 6) is 6.85. The summed E-state index contributed by atoms with van der Waals surface area (Å²) in [5, 5.41) is 2.94. The van der Waals surface area contributed by atoms with Gasteiger partial charge in [-0.05, 0) is 39.5 Å². The van der Waals surface area contributed by atoms with Gasteiger partial charge in [-0.15, -0.1) is 22.7 Å². The molecule has 0 aliphatic heterocycles. The Bertz CT molecular complexity index is 676. The molecular formula is C10H7BrN4S2. The maximum atomic E-state index is 5.49. The summed E-state index contributed by atoms with van der Waals surface area (Å²) in [6.45, 7) is 0. The summed E-state index contributed by atoms with van der Waals surface area (Å²) < 4.78 is 1.06. The summed E-state index contributed by atoms with van der Waals surface area (Å²) in [5.41, 5.74) is 2.62. The lowest BCUT2D eigenvalue weighted by molar-refractivity contribution is 1.20. The Morgan fingerprint density at radius 3 is 2.82 bits per heavy atom. The molecule has 0 radical (unpaired) electrons. The van der Waals surface area contributed by atoms with Crippen LogP contribution >= 0.6 is 38.6 Å². The number of nitrogen functional groups attached to an aromatic ring is 1. The van der Waals surface area contributed by atoms with Gasteiger partial charge < -0.3 is 5.43 Å². The second kappa shape index (κ2) is 4.34. The molecular weight excluding hydrogens is 320 g/mol. The van der Waals surface area contributed by atoms with Crippen molar-refractivity contribution in [3.05, 3.63) is 27.4 Å². The highest BCUT2D eigenvalue weighted by Gasteiger charge is 2.10. The highest BCUT2D eigenvalue weighted by atomic mass is 79.9. The third-order valence-electron chi connectivity index (χ3n) is 2.26. The fraction of sp³-hybridized carbons (Fsp3) is 0. The normalized spacial score (nSPS) is 10.9. The fourth-order valence-electron chi connectivity index (χ4n) is 1.51. The fourth-order valence-corrected chi connectivity index (χ4v) is 3.59. The Hall–Kier alpha value is -1.02. The molecule has 3 N–H and O–H groups in total. The van der Waals surface area contributed by atoms with Crippen LogP contribution in [-0.2, 0) is 0 Å². The number of anilines is 1. The molecule has 0 amide bonds. The lowest BCUT2D eigenvalue weighted by Crippen LogP contribution is -2.09. The molecule has 0 aromatic carbocycles. The molecule has 0 spiro atoms. The SMILES string of the molecule is NNc1nc(-c2ccc(Br)s2)nc2sccc12. The highest BCUT2D eigenvalue weighted by Crippen LogP contribution is 2.32. The molecule has 3 aromatic heterocycles. The third kappa shape index (κ3) is 1.95. The van der Waals surface area contributed by atoms with Gasteiger partial charge in [0.2, 0.25) is 0 Å². The maximum Gasteiger partial charge on any atom is 0.173 e. The van der Waals surface area contributed by atoms with Crippen molar-refractivity contribution in [3.63, 3.8) is 0 Å². The number of hydrazine groups is 1. The minimum Gasteiger partial charge on any atom is -0.308 e. The van der Waals surface area contributed by atoms with Crippen molar-refractivity contribution < 1.29 is 0 Å². The summed E-state index contributed by atoms with van der Waals surface area (Å²) in [4.78, 5) is 10.9. The number of rotatable bonds is 2. The molecule has 7 heteroatoms. The van der Waals surface area contributed by atoms with Crippen molar-refractivity contribution in [1.82, 2.24) is 9.97 Å². The van der Waals surface area contributed by atoms with Crippen LogP contribution in [0.2, 0.25) is 0 Å². The molecule has 0 bridgehead atoms. The second-order valence-electron chi connectivity index (χ2n) is 3.28. The lowest BCUT2D eigenvalue weighted by atomic mass is 10.3. The topological polar surface area (TPSA) is 63.8 Å². The zero-order valence-electron chi connectivity index (χ0n) is 8.48. The molecule has 0 aliphatic carbocycles. The number of aromatic nitrogens is 2. The Labute approximate surface area is 114 Å². The van der Waals surface area contributed by atoms with Crippen molar-refractivity contribution in [2.24, 2.45) is 5.84 Å². The zero-order valence-corrected chi connectivity index (χ0v) is 11.7. The molecule has 0 unspecified atom stereocenters. The van der Waals surface area contributed by atoms with Gasteiger partial charge in [-0.25, -0.2) is 15.8 Å². The summed E-state index contributed by atoms with van der Waals surface area (Å²) >= 11 is 6.61. The van der Waals surface area contributed by atoms with E-state index in [9.17, 15) is 0 Å². The quantitative estimate of drug-likeness (QED) is 0.559. The zero-order chi connectivity index (χ0) is 11.8. The first-order chi connectivity index (χ1) is 8.28. The maximum absolute atomic E-state index is 5.49. The molecule has 0 fully saturated rings. The van der Waals surface area contributed by atoms with Gasteiger partial charge in [0.15, 0.2) is 11.6 Å². The Balaban J connectivity index is 2.23. The van der Waals surface area contributed by atoms with E-state index >= 15 is 0 Å². The molecule has 3 rings (SSSR count). The van der Waals surface area contributed by atoms with Crippen LogP contribution in [0.3, 0.4) is 0 Å². The van der Waals surface area contributed by atoms with Crippen LogP contribution in [0, 0.1) is 0 Å². The largest absolute Gasteiger partial charge is 0.308 e. The minimum atomic E-state index is 0.663.